The molecular weight excluding hydrogens is 352 g/mol. The summed E-state index contributed by atoms with van der Waals surface area (Å²) >= 11 is 0. The highest BCUT2D eigenvalue weighted by Crippen LogP contribution is 2.32. The van der Waals surface area contributed by atoms with E-state index in [4.69, 9.17) is 4.74 Å². The minimum Gasteiger partial charge on any atom is -0.383 e. The van der Waals surface area contributed by atoms with Crippen LogP contribution in [0, 0.1) is 11.6 Å². The monoisotopic (exact) mass is 373 g/mol. The van der Waals surface area contributed by atoms with Gasteiger partial charge in [-0.05, 0) is 42.8 Å². The van der Waals surface area contributed by atoms with Crippen LogP contribution in [-0.2, 0) is 9.53 Å². The van der Waals surface area contributed by atoms with Gasteiger partial charge in [0.15, 0.2) is 0 Å². The molecule has 5 nitrogen and oxygen atoms in total. The number of anilines is 3. The van der Waals surface area contributed by atoms with E-state index in [2.05, 4.69) is 16.0 Å². The lowest BCUT2D eigenvalue weighted by Crippen LogP contribution is -2.24. The van der Waals surface area contributed by atoms with E-state index in [0.29, 0.717) is 34.8 Å². The molecule has 1 atom stereocenters. The molecule has 142 valence electrons. The third-order valence-corrected chi connectivity index (χ3v) is 4.34. The molecule has 0 aliphatic carbocycles. The zero-order valence-electron chi connectivity index (χ0n) is 15.1. The Balaban J connectivity index is 1.75. The molecule has 0 saturated heterocycles. The Morgan fingerprint density at radius 3 is 2.74 bits per heavy atom. The summed E-state index contributed by atoms with van der Waals surface area (Å²) in [5.74, 6) is -1.18. The lowest BCUT2D eigenvalue weighted by Gasteiger charge is -2.18. The molecule has 3 N–H and O–H groups in total. The second-order valence-electron chi connectivity index (χ2n) is 6.25. The quantitative estimate of drug-likeness (QED) is 0.637. The first kappa shape index (κ1) is 18.8. The second-order valence-corrected chi connectivity index (χ2v) is 6.25. The van der Waals surface area contributed by atoms with Crippen molar-refractivity contribution in [2.75, 3.05) is 29.7 Å². The fourth-order valence-corrected chi connectivity index (χ4v) is 2.87. The van der Waals surface area contributed by atoms with Crippen molar-refractivity contribution in [1.29, 1.82) is 0 Å². The highest BCUT2D eigenvalue weighted by Gasteiger charge is 2.24. The lowest BCUT2D eigenvalue weighted by molar-refractivity contribution is -0.110. The number of fused-ring (bicyclic) bond motifs is 1. The van der Waals surface area contributed by atoms with Gasteiger partial charge >= 0.3 is 0 Å². The maximum atomic E-state index is 14.4. The maximum absolute atomic E-state index is 14.4. The number of rotatable bonds is 7. The van der Waals surface area contributed by atoms with Gasteiger partial charge in [-0.25, -0.2) is 8.78 Å². The van der Waals surface area contributed by atoms with Gasteiger partial charge in [0.05, 0.1) is 23.6 Å². The third-order valence-electron chi connectivity index (χ3n) is 4.34. The summed E-state index contributed by atoms with van der Waals surface area (Å²) in [6.07, 6.45) is 2.29. The summed E-state index contributed by atoms with van der Waals surface area (Å²) in [5.41, 5.74) is 2.25. The van der Waals surface area contributed by atoms with Crippen molar-refractivity contribution in [3.63, 3.8) is 0 Å². The molecule has 7 heteroatoms. The number of halogens is 2. The molecule has 0 saturated carbocycles. The SMILES string of the molecule is CCC(COC)Nc1ccc(NC=C2C(=O)Nc3cc(F)ccc32)cc1F. The van der Waals surface area contributed by atoms with Crippen LogP contribution in [0.25, 0.3) is 5.57 Å². The van der Waals surface area contributed by atoms with Crippen LogP contribution >= 0.6 is 0 Å². The Morgan fingerprint density at radius 2 is 2.04 bits per heavy atom. The first-order valence-corrected chi connectivity index (χ1v) is 8.64. The standard InChI is InChI=1S/C20H21F2N3O2/c1-3-13(11-27-2)24-18-7-5-14(9-17(18)22)23-10-16-15-6-4-12(21)8-19(15)25-20(16)26/h4-10,13,23-24H,3,11H2,1-2H3,(H,25,26). The number of methoxy groups -OCH3 is 1. The number of ether oxygens (including phenoxy) is 1. The van der Waals surface area contributed by atoms with E-state index in [1.807, 2.05) is 6.92 Å². The number of hydrogen-bond acceptors (Lipinski definition) is 4. The Morgan fingerprint density at radius 1 is 1.22 bits per heavy atom. The van der Waals surface area contributed by atoms with Crippen LogP contribution in [0.3, 0.4) is 0 Å². The summed E-state index contributed by atoms with van der Waals surface area (Å²) in [7, 11) is 1.60. The summed E-state index contributed by atoms with van der Waals surface area (Å²) in [5, 5.41) is 8.63. The molecule has 0 aromatic heterocycles. The van der Waals surface area contributed by atoms with E-state index in [9.17, 15) is 13.6 Å². The average molecular weight is 373 g/mol. The predicted molar refractivity (Wildman–Crippen MR) is 103 cm³/mol. The van der Waals surface area contributed by atoms with Gasteiger partial charge in [0, 0.05) is 30.6 Å². The smallest absolute Gasteiger partial charge is 0.257 e. The first-order valence-electron chi connectivity index (χ1n) is 8.64. The number of benzene rings is 2. The van der Waals surface area contributed by atoms with E-state index in [0.717, 1.165) is 6.42 Å². The maximum Gasteiger partial charge on any atom is 0.257 e. The van der Waals surface area contributed by atoms with Crippen molar-refractivity contribution in [1.82, 2.24) is 0 Å². The molecule has 2 aromatic rings. The largest absolute Gasteiger partial charge is 0.383 e. The molecule has 0 spiro atoms. The Bertz CT molecular complexity index is 884. The van der Waals surface area contributed by atoms with Gasteiger partial charge in [0.25, 0.3) is 5.91 Å². The molecule has 0 radical (unpaired) electrons. The molecule has 0 fully saturated rings. The molecule has 1 amide bonds. The van der Waals surface area contributed by atoms with Crippen molar-refractivity contribution in [2.24, 2.45) is 0 Å². The van der Waals surface area contributed by atoms with Gasteiger partial charge < -0.3 is 20.7 Å². The summed E-state index contributed by atoms with van der Waals surface area (Å²) < 4.78 is 32.7. The topological polar surface area (TPSA) is 62.4 Å². The number of amides is 1. The first-order chi connectivity index (χ1) is 13.0. The molecular formula is C20H21F2N3O2. The fourth-order valence-electron chi connectivity index (χ4n) is 2.87. The number of carbonyl (C=O) groups excluding carboxylic acids is 1. The van der Waals surface area contributed by atoms with Gasteiger partial charge in [-0.1, -0.05) is 6.92 Å². The molecule has 1 aliphatic heterocycles. The highest BCUT2D eigenvalue weighted by molar-refractivity contribution is 6.31. The van der Waals surface area contributed by atoms with Crippen molar-refractivity contribution < 1.29 is 18.3 Å². The van der Waals surface area contributed by atoms with Gasteiger partial charge in [0.2, 0.25) is 0 Å². The summed E-state index contributed by atoms with van der Waals surface area (Å²) in [6.45, 7) is 2.48. The molecule has 0 bridgehead atoms. The van der Waals surface area contributed by atoms with Crippen LogP contribution in [-0.4, -0.2) is 25.7 Å². The lowest BCUT2D eigenvalue weighted by atomic mass is 10.1. The van der Waals surface area contributed by atoms with Crippen molar-refractivity contribution in [3.8, 4) is 0 Å². The van der Waals surface area contributed by atoms with Crippen LogP contribution in [0.15, 0.2) is 42.6 Å². The van der Waals surface area contributed by atoms with E-state index < -0.39 is 11.6 Å². The molecule has 27 heavy (non-hydrogen) atoms. The number of hydrogen-bond donors (Lipinski definition) is 3. The Hall–Kier alpha value is -2.93. The highest BCUT2D eigenvalue weighted by atomic mass is 19.1. The summed E-state index contributed by atoms with van der Waals surface area (Å²) in [6, 6.07) is 8.79. The van der Waals surface area contributed by atoms with Crippen LogP contribution in [0.5, 0.6) is 0 Å². The number of carbonyl (C=O) groups is 1. The Labute approximate surface area is 156 Å². The second kappa shape index (κ2) is 8.18. The van der Waals surface area contributed by atoms with Crippen molar-refractivity contribution in [3.05, 3.63) is 59.8 Å². The fraction of sp³-hybridized carbons (Fsp3) is 0.250. The minimum atomic E-state index is -0.424. The predicted octanol–water partition coefficient (Wildman–Crippen LogP) is 4.21. The molecule has 2 aromatic carbocycles. The van der Waals surface area contributed by atoms with Gasteiger partial charge in [-0.15, -0.1) is 0 Å². The Kier molecular flexibility index (Phi) is 5.71. The van der Waals surface area contributed by atoms with Gasteiger partial charge in [-0.3, -0.25) is 4.79 Å². The molecule has 3 rings (SSSR count). The van der Waals surface area contributed by atoms with Crippen LogP contribution in [0.4, 0.5) is 25.8 Å². The average Bonchev–Trinajstić information content (AvgIpc) is 2.95. The van der Waals surface area contributed by atoms with Crippen LogP contribution in [0.1, 0.15) is 18.9 Å². The number of nitrogens with one attached hydrogen (secondary N) is 3. The van der Waals surface area contributed by atoms with E-state index >= 15 is 0 Å². The molecule has 1 aliphatic rings. The van der Waals surface area contributed by atoms with Crippen molar-refractivity contribution in [2.45, 2.75) is 19.4 Å². The van der Waals surface area contributed by atoms with Gasteiger partial charge in [0.1, 0.15) is 11.6 Å². The van der Waals surface area contributed by atoms with E-state index in [1.165, 1.54) is 30.5 Å². The minimum absolute atomic E-state index is 0.0181. The van der Waals surface area contributed by atoms with E-state index in [-0.39, 0.29) is 11.9 Å². The normalized spacial score (nSPS) is 15.4. The summed E-state index contributed by atoms with van der Waals surface area (Å²) in [4.78, 5) is 12.1. The third kappa shape index (κ3) is 4.25. The van der Waals surface area contributed by atoms with Crippen molar-refractivity contribution >= 4 is 28.5 Å². The molecule has 1 heterocycles. The van der Waals surface area contributed by atoms with Gasteiger partial charge in [-0.2, -0.15) is 0 Å². The zero-order valence-corrected chi connectivity index (χ0v) is 15.1. The molecule has 1 unspecified atom stereocenters. The zero-order chi connectivity index (χ0) is 19.4. The van der Waals surface area contributed by atoms with E-state index in [1.54, 1.807) is 19.2 Å². The van der Waals surface area contributed by atoms with Crippen LogP contribution < -0.4 is 16.0 Å². The van der Waals surface area contributed by atoms with Crippen LogP contribution in [0.2, 0.25) is 0 Å².